The Bertz CT molecular complexity index is 726. The number of aromatic amines is 1. The average Bonchev–Trinajstić information content (AvgIpc) is 3.00. The zero-order valence-corrected chi connectivity index (χ0v) is 11.3. The number of aromatic nitrogens is 4. The first-order chi connectivity index (χ1) is 9.21. The summed E-state index contributed by atoms with van der Waals surface area (Å²) >= 11 is 0. The fourth-order valence-corrected chi connectivity index (χ4v) is 2.21. The lowest BCUT2D eigenvalue weighted by molar-refractivity contribution is 0.415. The number of fused-ring (bicyclic) bond motifs is 1. The number of nitrogens with zero attached hydrogens (tertiary/aromatic N) is 3. The second-order valence-electron chi connectivity index (χ2n) is 4.46. The Balaban J connectivity index is 2.14. The molecule has 1 aromatic carbocycles. The van der Waals surface area contributed by atoms with Crippen molar-refractivity contribution in [2.24, 2.45) is 0 Å². The second kappa shape index (κ2) is 4.42. The van der Waals surface area contributed by atoms with Crippen molar-refractivity contribution in [3.63, 3.8) is 0 Å². The predicted octanol–water partition coefficient (Wildman–Crippen LogP) is 2.76. The molecule has 0 aliphatic heterocycles. The minimum absolute atomic E-state index is 0.822. The van der Waals surface area contributed by atoms with E-state index in [2.05, 4.69) is 22.0 Å². The molecule has 0 bridgehead atoms. The van der Waals surface area contributed by atoms with Gasteiger partial charge >= 0.3 is 0 Å². The van der Waals surface area contributed by atoms with Crippen molar-refractivity contribution in [3.8, 4) is 17.3 Å². The number of methoxy groups -OCH3 is 1. The Morgan fingerprint density at radius 2 is 2.16 bits per heavy atom. The van der Waals surface area contributed by atoms with Crippen molar-refractivity contribution < 1.29 is 4.74 Å². The third-order valence-electron chi connectivity index (χ3n) is 3.13. The van der Waals surface area contributed by atoms with Gasteiger partial charge in [0.05, 0.1) is 23.8 Å². The van der Waals surface area contributed by atoms with Gasteiger partial charge in [-0.15, -0.1) is 0 Å². The van der Waals surface area contributed by atoms with Crippen molar-refractivity contribution in [3.05, 3.63) is 30.0 Å². The molecule has 5 nitrogen and oxygen atoms in total. The van der Waals surface area contributed by atoms with Gasteiger partial charge in [0, 0.05) is 12.6 Å². The fourth-order valence-electron chi connectivity index (χ4n) is 2.21. The average molecular weight is 256 g/mol. The van der Waals surface area contributed by atoms with Gasteiger partial charge in [-0.2, -0.15) is 5.10 Å². The maximum absolute atomic E-state index is 5.22. The van der Waals surface area contributed by atoms with Crippen LogP contribution in [-0.2, 0) is 6.54 Å². The van der Waals surface area contributed by atoms with Crippen molar-refractivity contribution in [1.82, 2.24) is 19.7 Å². The van der Waals surface area contributed by atoms with Gasteiger partial charge in [-0.1, -0.05) is 0 Å². The Morgan fingerprint density at radius 1 is 1.32 bits per heavy atom. The number of nitrogens with one attached hydrogen (secondary N) is 1. The third-order valence-corrected chi connectivity index (χ3v) is 3.13. The Kier molecular flexibility index (Phi) is 2.74. The topological polar surface area (TPSA) is 55.7 Å². The van der Waals surface area contributed by atoms with Crippen molar-refractivity contribution >= 4 is 11.0 Å². The van der Waals surface area contributed by atoms with E-state index in [1.165, 1.54) is 0 Å². The number of ether oxygens (including phenoxy) is 1. The predicted molar refractivity (Wildman–Crippen MR) is 74.3 cm³/mol. The molecule has 0 saturated heterocycles. The second-order valence-corrected chi connectivity index (χ2v) is 4.46. The summed E-state index contributed by atoms with van der Waals surface area (Å²) in [5.74, 6) is 1.66. The van der Waals surface area contributed by atoms with Crippen LogP contribution in [0, 0.1) is 6.92 Å². The molecule has 5 heteroatoms. The summed E-state index contributed by atoms with van der Waals surface area (Å²) in [7, 11) is 1.66. The van der Waals surface area contributed by atoms with Crippen LogP contribution in [0.1, 0.15) is 12.6 Å². The smallest absolute Gasteiger partial charge is 0.156 e. The van der Waals surface area contributed by atoms with Crippen LogP contribution in [0.4, 0.5) is 0 Å². The molecule has 0 aliphatic rings. The normalized spacial score (nSPS) is 11.1. The molecule has 0 unspecified atom stereocenters. The van der Waals surface area contributed by atoms with E-state index in [9.17, 15) is 0 Å². The van der Waals surface area contributed by atoms with Gasteiger partial charge in [-0.3, -0.25) is 4.68 Å². The summed E-state index contributed by atoms with van der Waals surface area (Å²) in [4.78, 5) is 7.93. The van der Waals surface area contributed by atoms with E-state index in [-0.39, 0.29) is 0 Å². The molecule has 0 fully saturated rings. The lowest BCUT2D eigenvalue weighted by Gasteiger charge is -2.00. The first kappa shape index (κ1) is 11.8. The molecular weight excluding hydrogens is 240 g/mol. The van der Waals surface area contributed by atoms with E-state index < -0.39 is 0 Å². The third kappa shape index (κ3) is 1.97. The number of hydrogen-bond donors (Lipinski definition) is 1. The maximum atomic E-state index is 5.22. The van der Waals surface area contributed by atoms with Crippen LogP contribution in [0.2, 0.25) is 0 Å². The minimum atomic E-state index is 0.822. The Hall–Kier alpha value is -2.30. The molecule has 3 rings (SSSR count). The molecule has 98 valence electrons. The molecule has 2 aromatic heterocycles. The number of hydrogen-bond acceptors (Lipinski definition) is 3. The van der Waals surface area contributed by atoms with Gasteiger partial charge in [0.15, 0.2) is 5.82 Å². The lowest BCUT2D eigenvalue weighted by Crippen LogP contribution is -1.99. The van der Waals surface area contributed by atoms with Crippen LogP contribution in [0.25, 0.3) is 22.6 Å². The van der Waals surface area contributed by atoms with Gasteiger partial charge in [0.25, 0.3) is 0 Å². The van der Waals surface area contributed by atoms with E-state index in [1.54, 1.807) is 7.11 Å². The van der Waals surface area contributed by atoms with Crippen molar-refractivity contribution in [2.75, 3.05) is 7.11 Å². The van der Waals surface area contributed by atoms with Crippen LogP contribution in [0.5, 0.6) is 5.75 Å². The molecular formula is C14H16N4O. The van der Waals surface area contributed by atoms with Gasteiger partial charge in [0.2, 0.25) is 0 Å². The largest absolute Gasteiger partial charge is 0.497 e. The van der Waals surface area contributed by atoms with E-state index in [4.69, 9.17) is 4.74 Å². The van der Waals surface area contributed by atoms with Gasteiger partial charge in [0.1, 0.15) is 11.4 Å². The highest BCUT2D eigenvalue weighted by Gasteiger charge is 2.11. The summed E-state index contributed by atoms with van der Waals surface area (Å²) in [6, 6.07) is 7.85. The van der Waals surface area contributed by atoms with Crippen LogP contribution in [-0.4, -0.2) is 26.9 Å². The molecule has 0 aliphatic carbocycles. The van der Waals surface area contributed by atoms with E-state index in [1.807, 2.05) is 35.9 Å². The molecule has 0 spiro atoms. The fraction of sp³-hybridized carbons (Fsp3) is 0.286. The van der Waals surface area contributed by atoms with Gasteiger partial charge in [-0.05, 0) is 32.0 Å². The number of benzene rings is 1. The molecule has 1 N–H and O–H groups in total. The summed E-state index contributed by atoms with van der Waals surface area (Å²) < 4.78 is 7.17. The monoisotopic (exact) mass is 256 g/mol. The summed E-state index contributed by atoms with van der Waals surface area (Å²) in [5, 5.41) is 4.44. The van der Waals surface area contributed by atoms with E-state index >= 15 is 0 Å². The summed E-state index contributed by atoms with van der Waals surface area (Å²) in [5.41, 5.74) is 3.90. The van der Waals surface area contributed by atoms with Crippen LogP contribution in [0.3, 0.4) is 0 Å². The maximum Gasteiger partial charge on any atom is 0.156 e. The Labute approximate surface area is 111 Å². The minimum Gasteiger partial charge on any atom is -0.497 e. The summed E-state index contributed by atoms with van der Waals surface area (Å²) in [6.07, 6.45) is 0. The molecule has 19 heavy (non-hydrogen) atoms. The molecule has 0 atom stereocenters. The molecule has 0 radical (unpaired) electrons. The molecule has 0 saturated carbocycles. The van der Waals surface area contributed by atoms with E-state index in [0.29, 0.717) is 0 Å². The van der Waals surface area contributed by atoms with Gasteiger partial charge < -0.3 is 9.72 Å². The number of aryl methyl sites for hydroxylation is 2. The van der Waals surface area contributed by atoms with Crippen LogP contribution in [0.15, 0.2) is 24.3 Å². The van der Waals surface area contributed by atoms with Crippen LogP contribution < -0.4 is 4.74 Å². The first-order valence-corrected chi connectivity index (χ1v) is 6.30. The SMILES string of the molecule is CCn1nc(C)cc1-c1nc2ccc(OC)cc2[nH]1. The molecule has 3 aromatic rings. The number of H-pyrrole nitrogens is 1. The molecule has 2 heterocycles. The highest BCUT2D eigenvalue weighted by Crippen LogP contribution is 2.24. The quantitative estimate of drug-likeness (QED) is 0.784. The first-order valence-electron chi connectivity index (χ1n) is 6.30. The lowest BCUT2D eigenvalue weighted by atomic mass is 10.3. The molecule has 0 amide bonds. The highest BCUT2D eigenvalue weighted by atomic mass is 16.5. The van der Waals surface area contributed by atoms with Gasteiger partial charge in [-0.25, -0.2) is 4.98 Å². The zero-order valence-electron chi connectivity index (χ0n) is 11.3. The van der Waals surface area contributed by atoms with E-state index in [0.717, 1.165) is 40.5 Å². The highest BCUT2D eigenvalue weighted by molar-refractivity contribution is 5.80. The standard InChI is InChI=1S/C14H16N4O/c1-4-18-13(7-9(2)17-18)14-15-11-6-5-10(19-3)8-12(11)16-14/h5-8H,4H2,1-3H3,(H,15,16). The van der Waals surface area contributed by atoms with Crippen molar-refractivity contribution in [1.29, 1.82) is 0 Å². The van der Waals surface area contributed by atoms with Crippen molar-refractivity contribution in [2.45, 2.75) is 20.4 Å². The Morgan fingerprint density at radius 3 is 2.89 bits per heavy atom. The van der Waals surface area contributed by atoms with Crippen LogP contribution >= 0.6 is 0 Å². The number of imidazole rings is 1. The number of rotatable bonds is 3. The summed E-state index contributed by atoms with van der Waals surface area (Å²) in [6.45, 7) is 4.88. The zero-order chi connectivity index (χ0) is 13.4.